The summed E-state index contributed by atoms with van der Waals surface area (Å²) in [7, 11) is 0. The SMILES string of the molecule is CC(=O)C1=NN(c2ccc(Br)cc2)C[C@@H]1C(=O)OCC(C)C. The zero-order chi connectivity index (χ0) is 16.3. The van der Waals surface area contributed by atoms with Crippen LogP contribution in [0.15, 0.2) is 33.8 Å². The Morgan fingerprint density at radius 2 is 2.00 bits per heavy atom. The van der Waals surface area contributed by atoms with Crippen molar-refractivity contribution < 1.29 is 14.3 Å². The van der Waals surface area contributed by atoms with E-state index in [4.69, 9.17) is 4.74 Å². The molecule has 0 saturated carbocycles. The second kappa shape index (κ2) is 7.05. The molecule has 118 valence electrons. The van der Waals surface area contributed by atoms with Crippen molar-refractivity contribution in [1.29, 1.82) is 0 Å². The lowest BCUT2D eigenvalue weighted by Crippen LogP contribution is -2.32. The molecule has 0 fully saturated rings. The van der Waals surface area contributed by atoms with E-state index < -0.39 is 5.92 Å². The fourth-order valence-corrected chi connectivity index (χ4v) is 2.39. The van der Waals surface area contributed by atoms with Crippen LogP contribution in [-0.2, 0) is 14.3 Å². The first-order valence-corrected chi connectivity index (χ1v) is 7.97. The maximum atomic E-state index is 12.2. The summed E-state index contributed by atoms with van der Waals surface area (Å²) in [5, 5.41) is 5.97. The first-order valence-electron chi connectivity index (χ1n) is 7.17. The van der Waals surface area contributed by atoms with Gasteiger partial charge in [-0.15, -0.1) is 0 Å². The van der Waals surface area contributed by atoms with Crippen LogP contribution in [0.3, 0.4) is 0 Å². The Balaban J connectivity index is 2.16. The van der Waals surface area contributed by atoms with Gasteiger partial charge < -0.3 is 4.74 Å². The molecule has 0 spiro atoms. The number of nitrogens with zero attached hydrogens (tertiary/aromatic N) is 2. The van der Waals surface area contributed by atoms with Crippen molar-refractivity contribution in [3.63, 3.8) is 0 Å². The summed E-state index contributed by atoms with van der Waals surface area (Å²) in [5.41, 5.74) is 1.10. The maximum absolute atomic E-state index is 12.2. The molecule has 0 unspecified atom stereocenters. The molecule has 0 aliphatic carbocycles. The van der Waals surface area contributed by atoms with Crippen molar-refractivity contribution in [2.45, 2.75) is 20.8 Å². The highest BCUT2D eigenvalue weighted by atomic mass is 79.9. The lowest BCUT2D eigenvalue weighted by atomic mass is 10.0. The molecule has 1 aromatic carbocycles. The third-order valence-corrected chi connectivity index (χ3v) is 3.77. The normalized spacial score (nSPS) is 17.6. The Hall–Kier alpha value is -1.69. The number of benzene rings is 1. The maximum Gasteiger partial charge on any atom is 0.317 e. The second-order valence-electron chi connectivity index (χ2n) is 5.68. The van der Waals surface area contributed by atoms with Gasteiger partial charge in [-0.2, -0.15) is 5.10 Å². The van der Waals surface area contributed by atoms with E-state index in [0.29, 0.717) is 13.2 Å². The number of ether oxygens (including phenoxy) is 1. The number of esters is 1. The highest BCUT2D eigenvalue weighted by Gasteiger charge is 2.36. The quantitative estimate of drug-likeness (QED) is 0.751. The number of hydrogen-bond acceptors (Lipinski definition) is 5. The number of rotatable bonds is 5. The van der Waals surface area contributed by atoms with Crippen LogP contribution >= 0.6 is 15.9 Å². The van der Waals surface area contributed by atoms with E-state index in [1.807, 2.05) is 38.1 Å². The van der Waals surface area contributed by atoms with Gasteiger partial charge in [-0.05, 0) is 30.2 Å². The minimum atomic E-state index is -0.625. The Labute approximate surface area is 138 Å². The summed E-state index contributed by atoms with van der Waals surface area (Å²) >= 11 is 3.38. The molecule has 0 saturated heterocycles. The summed E-state index contributed by atoms with van der Waals surface area (Å²) in [6, 6.07) is 7.55. The largest absolute Gasteiger partial charge is 0.465 e. The number of hydrogen-bond donors (Lipinski definition) is 0. The topological polar surface area (TPSA) is 59.0 Å². The standard InChI is InChI=1S/C16H19BrN2O3/c1-10(2)9-22-16(21)14-8-19(18-15(14)11(3)20)13-6-4-12(17)5-7-13/h4-7,10,14H,8-9H2,1-3H3/t14-/m0/s1. The van der Waals surface area contributed by atoms with Crippen LogP contribution in [-0.4, -0.2) is 30.6 Å². The van der Waals surface area contributed by atoms with Crippen molar-refractivity contribution in [2.75, 3.05) is 18.2 Å². The first kappa shape index (κ1) is 16.7. The number of carbonyl (C=O) groups is 2. The summed E-state index contributed by atoms with van der Waals surface area (Å²) in [6.07, 6.45) is 0. The third-order valence-electron chi connectivity index (χ3n) is 3.24. The molecular weight excluding hydrogens is 348 g/mol. The predicted octanol–water partition coefficient (Wildman–Crippen LogP) is 3.03. The van der Waals surface area contributed by atoms with Gasteiger partial charge in [0.25, 0.3) is 0 Å². The van der Waals surface area contributed by atoms with Gasteiger partial charge in [0.05, 0.1) is 18.8 Å². The summed E-state index contributed by atoms with van der Waals surface area (Å²) in [5.74, 6) is -0.959. The smallest absolute Gasteiger partial charge is 0.317 e. The zero-order valence-electron chi connectivity index (χ0n) is 12.9. The molecule has 1 aromatic rings. The van der Waals surface area contributed by atoms with E-state index in [1.54, 1.807) is 5.01 Å². The second-order valence-corrected chi connectivity index (χ2v) is 6.59. The fourth-order valence-electron chi connectivity index (χ4n) is 2.13. The molecule has 2 rings (SSSR count). The van der Waals surface area contributed by atoms with E-state index in [0.717, 1.165) is 10.2 Å². The number of carbonyl (C=O) groups excluding carboxylic acids is 2. The highest BCUT2D eigenvalue weighted by Crippen LogP contribution is 2.25. The van der Waals surface area contributed by atoms with Crippen LogP contribution in [0.5, 0.6) is 0 Å². The monoisotopic (exact) mass is 366 g/mol. The lowest BCUT2D eigenvalue weighted by molar-refractivity contribution is -0.147. The predicted molar refractivity (Wildman–Crippen MR) is 88.9 cm³/mol. The number of halogens is 1. The minimum absolute atomic E-state index is 0.203. The molecule has 0 bridgehead atoms. The van der Waals surface area contributed by atoms with Crippen molar-refractivity contribution in [1.82, 2.24) is 0 Å². The molecular formula is C16H19BrN2O3. The average molecular weight is 367 g/mol. The van der Waals surface area contributed by atoms with Gasteiger partial charge in [-0.1, -0.05) is 29.8 Å². The molecule has 1 heterocycles. The van der Waals surface area contributed by atoms with E-state index in [9.17, 15) is 9.59 Å². The van der Waals surface area contributed by atoms with Crippen LogP contribution in [0, 0.1) is 11.8 Å². The van der Waals surface area contributed by atoms with Gasteiger partial charge in [0.2, 0.25) is 0 Å². The zero-order valence-corrected chi connectivity index (χ0v) is 14.5. The molecule has 1 atom stereocenters. The van der Waals surface area contributed by atoms with Crippen LogP contribution in [0.25, 0.3) is 0 Å². The Bertz CT molecular complexity index is 596. The molecule has 0 aromatic heterocycles. The molecule has 0 N–H and O–H groups in total. The number of anilines is 1. The third kappa shape index (κ3) is 3.94. The molecule has 22 heavy (non-hydrogen) atoms. The van der Waals surface area contributed by atoms with Crippen LogP contribution in [0.4, 0.5) is 5.69 Å². The summed E-state index contributed by atoms with van der Waals surface area (Å²) in [6.45, 7) is 6.03. The number of ketones is 1. The van der Waals surface area contributed by atoms with Gasteiger partial charge >= 0.3 is 5.97 Å². The summed E-state index contributed by atoms with van der Waals surface area (Å²) < 4.78 is 6.22. The average Bonchev–Trinajstić information content (AvgIpc) is 2.91. The van der Waals surface area contributed by atoms with E-state index in [-0.39, 0.29) is 23.4 Å². The molecule has 0 radical (unpaired) electrons. The van der Waals surface area contributed by atoms with Gasteiger partial charge in [-0.25, -0.2) is 0 Å². The van der Waals surface area contributed by atoms with Crippen LogP contribution < -0.4 is 5.01 Å². The van der Waals surface area contributed by atoms with Crippen molar-refractivity contribution >= 4 is 39.1 Å². The molecule has 1 aliphatic rings. The van der Waals surface area contributed by atoms with Gasteiger partial charge in [-0.3, -0.25) is 14.6 Å². The van der Waals surface area contributed by atoms with E-state index in [1.165, 1.54) is 6.92 Å². The van der Waals surface area contributed by atoms with Gasteiger partial charge in [0.1, 0.15) is 11.6 Å². The highest BCUT2D eigenvalue weighted by molar-refractivity contribution is 9.10. The van der Waals surface area contributed by atoms with E-state index in [2.05, 4.69) is 21.0 Å². The molecule has 5 nitrogen and oxygen atoms in total. The van der Waals surface area contributed by atoms with Crippen molar-refractivity contribution in [3.8, 4) is 0 Å². The van der Waals surface area contributed by atoms with Crippen molar-refractivity contribution in [3.05, 3.63) is 28.7 Å². The van der Waals surface area contributed by atoms with E-state index >= 15 is 0 Å². The summed E-state index contributed by atoms with van der Waals surface area (Å²) in [4.78, 5) is 24.0. The number of hydrazone groups is 1. The lowest BCUT2D eigenvalue weighted by Gasteiger charge is -2.16. The Morgan fingerprint density at radius 1 is 1.36 bits per heavy atom. The van der Waals surface area contributed by atoms with Gasteiger partial charge in [0, 0.05) is 11.4 Å². The molecule has 0 amide bonds. The number of Topliss-reactive ketones (excluding diaryl/α,β-unsaturated/α-hetero) is 1. The fraction of sp³-hybridized carbons (Fsp3) is 0.438. The van der Waals surface area contributed by atoms with Gasteiger partial charge in [0.15, 0.2) is 5.78 Å². The Kier molecular flexibility index (Phi) is 5.34. The van der Waals surface area contributed by atoms with Crippen molar-refractivity contribution in [2.24, 2.45) is 16.9 Å². The molecule has 1 aliphatic heterocycles. The Morgan fingerprint density at radius 3 is 2.55 bits per heavy atom. The van der Waals surface area contributed by atoms with Crippen LogP contribution in [0.1, 0.15) is 20.8 Å². The molecule has 6 heteroatoms. The first-order chi connectivity index (χ1) is 10.4. The van der Waals surface area contributed by atoms with Crippen LogP contribution in [0.2, 0.25) is 0 Å². The minimum Gasteiger partial charge on any atom is -0.465 e.